The van der Waals surface area contributed by atoms with Crippen molar-refractivity contribution < 1.29 is 4.74 Å². The fraction of sp³-hybridized carbons (Fsp3) is 0.0667. The zero-order valence-corrected chi connectivity index (χ0v) is 11.6. The van der Waals surface area contributed by atoms with E-state index in [1.807, 2.05) is 48.5 Å². The monoisotopic (exact) mass is 284 g/mol. The van der Waals surface area contributed by atoms with Crippen LogP contribution in [0, 0.1) is 0 Å². The number of fused-ring (bicyclic) bond motifs is 1. The third-order valence-electron chi connectivity index (χ3n) is 2.90. The predicted molar refractivity (Wildman–Crippen MR) is 82.1 cm³/mol. The van der Waals surface area contributed by atoms with Gasteiger partial charge in [-0.2, -0.15) is 5.10 Å². The molecule has 0 aliphatic heterocycles. The highest BCUT2D eigenvalue weighted by Crippen LogP contribution is 2.15. The highest BCUT2D eigenvalue weighted by molar-refractivity contribution is 7.13. The fourth-order valence-electron chi connectivity index (χ4n) is 1.85. The summed E-state index contributed by atoms with van der Waals surface area (Å²) in [6.45, 7) is 0. The molecule has 0 bridgehead atoms. The van der Waals surface area contributed by atoms with Gasteiger partial charge >= 0.3 is 0 Å². The lowest BCUT2D eigenvalue weighted by Gasteiger charge is -1.98. The minimum atomic E-state index is -0.0876. The lowest BCUT2D eigenvalue weighted by atomic mass is 10.2. The van der Waals surface area contributed by atoms with Gasteiger partial charge in [0.05, 0.1) is 23.4 Å². The minimum absolute atomic E-state index is 0.0876. The standard InChI is InChI=1S/C15H12N2O2S/c1-19-12-8-6-11(7-9-12)10-16-17-15(18)13-4-2-3-5-14(13)20-17/h2-10H,1H3/b16-10+. The van der Waals surface area contributed by atoms with Crippen LogP contribution in [0.5, 0.6) is 5.75 Å². The van der Waals surface area contributed by atoms with Gasteiger partial charge in [-0.3, -0.25) is 4.79 Å². The number of hydrogen-bond donors (Lipinski definition) is 0. The molecule has 0 atom stereocenters. The Balaban J connectivity index is 1.93. The van der Waals surface area contributed by atoms with Crippen molar-refractivity contribution in [3.05, 3.63) is 64.4 Å². The van der Waals surface area contributed by atoms with Crippen molar-refractivity contribution in [3.8, 4) is 5.75 Å². The smallest absolute Gasteiger partial charge is 0.289 e. The van der Waals surface area contributed by atoms with Gasteiger partial charge in [0.25, 0.3) is 5.56 Å². The third-order valence-corrected chi connectivity index (χ3v) is 3.89. The summed E-state index contributed by atoms with van der Waals surface area (Å²) in [6.07, 6.45) is 1.66. The maximum Gasteiger partial charge on any atom is 0.289 e. The molecule has 2 aromatic carbocycles. The van der Waals surface area contributed by atoms with E-state index in [1.165, 1.54) is 15.6 Å². The van der Waals surface area contributed by atoms with Crippen molar-refractivity contribution in [1.29, 1.82) is 0 Å². The first-order valence-corrected chi connectivity index (χ1v) is 6.85. The van der Waals surface area contributed by atoms with Crippen LogP contribution in [0.2, 0.25) is 0 Å². The van der Waals surface area contributed by atoms with Gasteiger partial charge in [-0.25, -0.2) is 0 Å². The van der Waals surface area contributed by atoms with Crippen LogP contribution in [0.1, 0.15) is 5.56 Å². The van der Waals surface area contributed by atoms with E-state index in [2.05, 4.69) is 5.10 Å². The second kappa shape index (κ2) is 5.30. The molecule has 0 saturated carbocycles. The zero-order valence-electron chi connectivity index (χ0n) is 10.8. The third kappa shape index (κ3) is 2.35. The summed E-state index contributed by atoms with van der Waals surface area (Å²) in [5.41, 5.74) is 0.825. The molecule has 1 aromatic heterocycles. The molecule has 0 radical (unpaired) electrons. The van der Waals surface area contributed by atoms with Gasteiger partial charge < -0.3 is 4.74 Å². The van der Waals surface area contributed by atoms with Gasteiger partial charge in [0.1, 0.15) is 5.75 Å². The van der Waals surface area contributed by atoms with E-state index in [0.717, 1.165) is 16.0 Å². The number of ether oxygens (including phenoxy) is 1. The largest absolute Gasteiger partial charge is 0.497 e. The first kappa shape index (κ1) is 12.6. The lowest BCUT2D eigenvalue weighted by Crippen LogP contribution is -2.08. The molecular formula is C15H12N2O2S. The Morgan fingerprint density at radius 1 is 1.15 bits per heavy atom. The van der Waals surface area contributed by atoms with E-state index in [9.17, 15) is 4.79 Å². The van der Waals surface area contributed by atoms with Gasteiger partial charge in [0, 0.05) is 0 Å². The van der Waals surface area contributed by atoms with Crippen LogP contribution < -0.4 is 10.3 Å². The number of hydrogen-bond acceptors (Lipinski definition) is 4. The van der Waals surface area contributed by atoms with Crippen LogP contribution in [0.3, 0.4) is 0 Å². The van der Waals surface area contributed by atoms with Crippen LogP contribution in [0.4, 0.5) is 0 Å². The number of methoxy groups -OCH3 is 1. The number of rotatable bonds is 3. The normalized spacial score (nSPS) is 11.2. The van der Waals surface area contributed by atoms with E-state index in [-0.39, 0.29) is 5.56 Å². The Hall–Kier alpha value is -2.40. The zero-order chi connectivity index (χ0) is 13.9. The summed E-state index contributed by atoms with van der Waals surface area (Å²) in [5, 5.41) is 4.92. The van der Waals surface area contributed by atoms with Crippen LogP contribution >= 0.6 is 11.5 Å². The molecule has 0 spiro atoms. The molecule has 0 aliphatic carbocycles. The number of nitrogens with zero attached hydrogens (tertiary/aromatic N) is 2. The Morgan fingerprint density at radius 3 is 2.60 bits per heavy atom. The molecule has 100 valence electrons. The number of aromatic nitrogens is 1. The van der Waals surface area contributed by atoms with E-state index < -0.39 is 0 Å². The van der Waals surface area contributed by atoms with Crippen LogP contribution in [0.25, 0.3) is 10.1 Å². The molecule has 5 heteroatoms. The molecule has 0 N–H and O–H groups in total. The summed E-state index contributed by atoms with van der Waals surface area (Å²) in [6, 6.07) is 15.0. The second-order valence-corrected chi connectivity index (χ2v) is 5.15. The van der Waals surface area contributed by atoms with E-state index in [4.69, 9.17) is 4.74 Å². The SMILES string of the molecule is COc1ccc(/C=N/n2sc3ccccc3c2=O)cc1. The topological polar surface area (TPSA) is 43.6 Å². The highest BCUT2D eigenvalue weighted by Gasteiger charge is 2.04. The predicted octanol–water partition coefficient (Wildman–Crippen LogP) is 2.95. The van der Waals surface area contributed by atoms with Crippen molar-refractivity contribution in [2.45, 2.75) is 0 Å². The van der Waals surface area contributed by atoms with Crippen molar-refractivity contribution in [3.63, 3.8) is 0 Å². The van der Waals surface area contributed by atoms with E-state index >= 15 is 0 Å². The summed E-state index contributed by atoms with van der Waals surface area (Å²) < 4.78 is 7.43. The fourth-order valence-corrected chi connectivity index (χ4v) is 2.70. The maximum atomic E-state index is 12.1. The summed E-state index contributed by atoms with van der Waals surface area (Å²) in [7, 11) is 1.62. The van der Waals surface area contributed by atoms with E-state index in [1.54, 1.807) is 13.3 Å². The molecule has 3 rings (SSSR count). The van der Waals surface area contributed by atoms with Crippen molar-refractivity contribution in [2.75, 3.05) is 7.11 Å². The minimum Gasteiger partial charge on any atom is -0.497 e. The summed E-state index contributed by atoms with van der Waals surface area (Å²) in [5.74, 6) is 0.793. The highest BCUT2D eigenvalue weighted by atomic mass is 32.1. The van der Waals surface area contributed by atoms with Gasteiger partial charge in [-0.1, -0.05) is 12.1 Å². The van der Waals surface area contributed by atoms with Crippen LogP contribution in [0.15, 0.2) is 58.4 Å². The summed E-state index contributed by atoms with van der Waals surface area (Å²) >= 11 is 1.33. The lowest BCUT2D eigenvalue weighted by molar-refractivity contribution is 0.415. The Labute approximate surface area is 119 Å². The van der Waals surface area contributed by atoms with Crippen LogP contribution in [-0.4, -0.2) is 17.4 Å². The van der Waals surface area contributed by atoms with Gasteiger partial charge in [0.15, 0.2) is 0 Å². The molecule has 0 saturated heterocycles. The van der Waals surface area contributed by atoms with Gasteiger partial charge in [-0.15, -0.1) is 4.07 Å². The van der Waals surface area contributed by atoms with Crippen molar-refractivity contribution in [2.24, 2.45) is 5.10 Å². The van der Waals surface area contributed by atoms with Crippen molar-refractivity contribution >= 4 is 27.8 Å². The quantitative estimate of drug-likeness (QED) is 0.694. The Kier molecular flexibility index (Phi) is 3.35. The van der Waals surface area contributed by atoms with Gasteiger partial charge in [-0.05, 0) is 53.5 Å². The number of benzene rings is 2. The molecule has 1 heterocycles. The molecule has 0 aliphatic rings. The van der Waals surface area contributed by atoms with Gasteiger partial charge in [0.2, 0.25) is 0 Å². The maximum absolute atomic E-state index is 12.1. The molecular weight excluding hydrogens is 272 g/mol. The average Bonchev–Trinajstić information content (AvgIpc) is 2.83. The van der Waals surface area contributed by atoms with E-state index in [0.29, 0.717) is 5.39 Å². The summed E-state index contributed by atoms with van der Waals surface area (Å²) in [4.78, 5) is 12.1. The first-order valence-electron chi connectivity index (χ1n) is 6.07. The Morgan fingerprint density at radius 2 is 1.90 bits per heavy atom. The molecule has 0 unspecified atom stereocenters. The molecule has 20 heavy (non-hydrogen) atoms. The molecule has 0 amide bonds. The van der Waals surface area contributed by atoms with Crippen LogP contribution in [-0.2, 0) is 0 Å². The van der Waals surface area contributed by atoms with Crippen molar-refractivity contribution in [1.82, 2.24) is 4.07 Å². The average molecular weight is 284 g/mol. The molecule has 0 fully saturated rings. The molecule has 3 aromatic rings. The Bertz CT molecular complexity index is 816. The first-order chi connectivity index (χ1) is 9.78. The second-order valence-electron chi connectivity index (χ2n) is 4.18. The molecule has 4 nitrogen and oxygen atoms in total.